The van der Waals surface area contributed by atoms with Gasteiger partial charge in [-0.2, -0.15) is 0 Å². The van der Waals surface area contributed by atoms with Crippen LogP contribution in [0.2, 0.25) is 0 Å². The maximum absolute atomic E-state index is 14.7. The van der Waals surface area contributed by atoms with Crippen LogP contribution in [0.1, 0.15) is 18.9 Å². The summed E-state index contributed by atoms with van der Waals surface area (Å²) in [6.45, 7) is 0. The van der Waals surface area contributed by atoms with Crippen molar-refractivity contribution in [2.75, 3.05) is 12.8 Å². The Bertz CT molecular complexity index is 1210. The van der Waals surface area contributed by atoms with E-state index in [0.29, 0.717) is 50.4 Å². The number of halogens is 1. The van der Waals surface area contributed by atoms with Gasteiger partial charge in [0.25, 0.3) is 0 Å². The van der Waals surface area contributed by atoms with Crippen molar-refractivity contribution in [3.8, 4) is 22.8 Å². The number of hydrogen-bond donors (Lipinski definition) is 2. The number of pyridine rings is 1. The highest BCUT2D eigenvalue weighted by Gasteiger charge is 2.28. The summed E-state index contributed by atoms with van der Waals surface area (Å²) in [5, 5.41) is 11.8. The second-order valence-electron chi connectivity index (χ2n) is 6.90. The maximum atomic E-state index is 14.7. The predicted molar refractivity (Wildman–Crippen MR) is 104 cm³/mol. The monoisotopic (exact) mass is 363 g/mol. The number of fused-ring (bicyclic) bond motifs is 2. The number of benzene rings is 2. The molecule has 5 rings (SSSR count). The standard InChI is InChI=1S/C21H18FN3O2/c1-27-16-7-3-6-14(22)17(16)12-4-2-5-13-19(23)18-15(24-20(12)13)10-25(21(18)26)11-8-9-11/h2-7,10-11,26H,8-9,23H2,1H3. The topological polar surface area (TPSA) is 73.3 Å². The molecule has 0 bridgehead atoms. The molecule has 3 N–H and O–H groups in total. The number of anilines is 1. The molecule has 2 aromatic heterocycles. The van der Waals surface area contributed by atoms with Gasteiger partial charge in [-0.15, -0.1) is 0 Å². The summed E-state index contributed by atoms with van der Waals surface area (Å²) in [6.07, 6.45) is 3.89. The van der Waals surface area contributed by atoms with Crippen LogP contribution in [0.5, 0.6) is 11.6 Å². The Morgan fingerprint density at radius 3 is 2.74 bits per heavy atom. The molecule has 136 valence electrons. The Labute approximate surface area is 154 Å². The van der Waals surface area contributed by atoms with E-state index < -0.39 is 0 Å². The molecular formula is C21H18FN3O2. The number of rotatable bonds is 3. The maximum Gasteiger partial charge on any atom is 0.203 e. The highest BCUT2D eigenvalue weighted by molar-refractivity contribution is 6.12. The summed E-state index contributed by atoms with van der Waals surface area (Å²) in [5.74, 6) is 0.190. The first-order valence-electron chi connectivity index (χ1n) is 8.84. The van der Waals surface area contributed by atoms with E-state index in [1.807, 2.05) is 22.9 Å². The van der Waals surface area contributed by atoms with Crippen molar-refractivity contribution in [1.29, 1.82) is 0 Å². The smallest absolute Gasteiger partial charge is 0.203 e. The molecule has 2 heterocycles. The van der Waals surface area contributed by atoms with Crippen molar-refractivity contribution in [2.45, 2.75) is 18.9 Å². The first-order valence-corrected chi connectivity index (χ1v) is 8.84. The number of ether oxygens (including phenoxy) is 1. The highest BCUT2D eigenvalue weighted by atomic mass is 19.1. The number of nitrogens with zero attached hydrogens (tertiary/aromatic N) is 2. The van der Waals surface area contributed by atoms with Crippen LogP contribution in [-0.2, 0) is 0 Å². The lowest BCUT2D eigenvalue weighted by Crippen LogP contribution is -1.96. The Morgan fingerprint density at radius 2 is 2.00 bits per heavy atom. The van der Waals surface area contributed by atoms with E-state index in [9.17, 15) is 9.50 Å². The summed E-state index contributed by atoms with van der Waals surface area (Å²) in [5.41, 5.74) is 9.00. The van der Waals surface area contributed by atoms with Crippen molar-refractivity contribution in [3.63, 3.8) is 0 Å². The quantitative estimate of drug-likeness (QED) is 0.557. The van der Waals surface area contributed by atoms with Crippen LogP contribution < -0.4 is 10.5 Å². The van der Waals surface area contributed by atoms with E-state index in [-0.39, 0.29) is 11.7 Å². The molecule has 1 aliphatic carbocycles. The summed E-state index contributed by atoms with van der Waals surface area (Å²) in [4.78, 5) is 4.74. The fourth-order valence-corrected chi connectivity index (χ4v) is 3.75. The van der Waals surface area contributed by atoms with Gasteiger partial charge in [0.15, 0.2) is 0 Å². The molecule has 1 fully saturated rings. The largest absolute Gasteiger partial charge is 0.496 e. The molecule has 5 nitrogen and oxygen atoms in total. The van der Waals surface area contributed by atoms with Gasteiger partial charge in [-0.05, 0) is 25.0 Å². The minimum absolute atomic E-state index is 0.147. The number of hydrogen-bond acceptors (Lipinski definition) is 4. The Hall–Kier alpha value is -3.28. The van der Waals surface area contributed by atoms with Gasteiger partial charge in [0, 0.05) is 23.2 Å². The molecule has 0 atom stereocenters. The number of methoxy groups -OCH3 is 1. The van der Waals surface area contributed by atoms with E-state index in [1.54, 1.807) is 18.2 Å². The molecule has 4 aromatic rings. The molecule has 1 saturated carbocycles. The average Bonchev–Trinajstić information content (AvgIpc) is 3.45. The normalized spacial score (nSPS) is 14.1. The van der Waals surface area contributed by atoms with Crippen molar-refractivity contribution in [1.82, 2.24) is 9.55 Å². The Balaban J connectivity index is 1.87. The van der Waals surface area contributed by atoms with E-state index in [0.717, 1.165) is 12.8 Å². The zero-order chi connectivity index (χ0) is 18.7. The lowest BCUT2D eigenvalue weighted by atomic mass is 9.99. The minimum atomic E-state index is -0.388. The van der Waals surface area contributed by atoms with Gasteiger partial charge >= 0.3 is 0 Å². The summed E-state index contributed by atoms with van der Waals surface area (Å²) in [7, 11) is 1.51. The molecule has 1 aliphatic rings. The van der Waals surface area contributed by atoms with Gasteiger partial charge in [-0.1, -0.05) is 24.3 Å². The van der Waals surface area contributed by atoms with Crippen LogP contribution in [0.3, 0.4) is 0 Å². The second-order valence-corrected chi connectivity index (χ2v) is 6.90. The molecule has 0 amide bonds. The molecular weight excluding hydrogens is 345 g/mol. The minimum Gasteiger partial charge on any atom is -0.496 e. The zero-order valence-electron chi connectivity index (χ0n) is 14.7. The number of nitrogen functional groups attached to an aromatic ring is 1. The molecule has 0 radical (unpaired) electrons. The van der Waals surface area contributed by atoms with E-state index >= 15 is 0 Å². The van der Waals surface area contributed by atoms with Gasteiger partial charge in [0.2, 0.25) is 5.88 Å². The SMILES string of the molecule is COc1cccc(F)c1-c1cccc2c(N)c3c(O)n(C4CC4)cc3nc12. The van der Waals surface area contributed by atoms with Crippen LogP contribution in [0, 0.1) is 5.82 Å². The van der Waals surface area contributed by atoms with E-state index in [2.05, 4.69) is 0 Å². The van der Waals surface area contributed by atoms with Gasteiger partial charge in [-0.25, -0.2) is 9.37 Å². The number of para-hydroxylation sites is 1. The van der Waals surface area contributed by atoms with Crippen molar-refractivity contribution >= 4 is 27.5 Å². The predicted octanol–water partition coefficient (Wildman–Crippen LogP) is 4.63. The summed E-state index contributed by atoms with van der Waals surface area (Å²) < 4.78 is 21.9. The Kier molecular flexibility index (Phi) is 3.31. The average molecular weight is 363 g/mol. The van der Waals surface area contributed by atoms with Crippen molar-refractivity contribution < 1.29 is 14.2 Å². The van der Waals surface area contributed by atoms with E-state index in [4.69, 9.17) is 15.5 Å². The fourth-order valence-electron chi connectivity index (χ4n) is 3.75. The first kappa shape index (κ1) is 15.9. The molecule has 0 saturated heterocycles. The molecule has 6 heteroatoms. The van der Waals surface area contributed by atoms with E-state index in [1.165, 1.54) is 13.2 Å². The van der Waals surface area contributed by atoms with Crippen molar-refractivity contribution in [3.05, 3.63) is 48.4 Å². The summed E-state index contributed by atoms with van der Waals surface area (Å²) in [6, 6.07) is 10.5. The lowest BCUT2D eigenvalue weighted by Gasteiger charge is -2.13. The molecule has 2 aromatic carbocycles. The van der Waals surface area contributed by atoms with Gasteiger partial charge in [0.1, 0.15) is 11.6 Å². The Morgan fingerprint density at radius 1 is 1.22 bits per heavy atom. The lowest BCUT2D eigenvalue weighted by molar-refractivity contribution is 0.413. The third-order valence-electron chi connectivity index (χ3n) is 5.22. The van der Waals surface area contributed by atoms with Gasteiger partial charge in [0.05, 0.1) is 34.8 Å². The number of aromatic nitrogens is 2. The molecule has 0 aliphatic heterocycles. The van der Waals surface area contributed by atoms with Gasteiger partial charge < -0.3 is 20.1 Å². The second kappa shape index (κ2) is 5.61. The van der Waals surface area contributed by atoms with Crippen LogP contribution >= 0.6 is 0 Å². The van der Waals surface area contributed by atoms with Crippen LogP contribution in [0.15, 0.2) is 42.6 Å². The first-order chi connectivity index (χ1) is 13.1. The third kappa shape index (κ3) is 2.26. The number of nitrogens with two attached hydrogens (primary N) is 1. The van der Waals surface area contributed by atoms with Gasteiger partial charge in [-0.3, -0.25) is 0 Å². The highest BCUT2D eigenvalue weighted by Crippen LogP contribution is 2.45. The van der Waals surface area contributed by atoms with Crippen LogP contribution in [0.4, 0.5) is 10.1 Å². The summed E-state index contributed by atoms with van der Waals surface area (Å²) >= 11 is 0. The third-order valence-corrected chi connectivity index (χ3v) is 5.22. The fraction of sp³-hybridized carbons (Fsp3) is 0.190. The van der Waals surface area contributed by atoms with Crippen LogP contribution in [-0.4, -0.2) is 21.8 Å². The van der Waals surface area contributed by atoms with Crippen molar-refractivity contribution in [2.24, 2.45) is 0 Å². The molecule has 0 spiro atoms. The molecule has 0 unspecified atom stereocenters. The zero-order valence-corrected chi connectivity index (χ0v) is 14.7. The molecule has 27 heavy (non-hydrogen) atoms. The van der Waals surface area contributed by atoms with Crippen LogP contribution in [0.25, 0.3) is 32.9 Å². The number of aromatic hydroxyl groups is 1.